The van der Waals surface area contributed by atoms with Gasteiger partial charge in [-0.05, 0) is 43.0 Å². The van der Waals surface area contributed by atoms with Gasteiger partial charge in [-0.15, -0.1) is 0 Å². The lowest BCUT2D eigenvalue weighted by molar-refractivity contribution is 0.435. The Labute approximate surface area is 185 Å². The lowest BCUT2D eigenvalue weighted by Crippen LogP contribution is -2.24. The fourth-order valence-electron chi connectivity index (χ4n) is 5.05. The van der Waals surface area contributed by atoms with Crippen molar-refractivity contribution in [1.82, 2.24) is 19.9 Å². The second-order valence-electron chi connectivity index (χ2n) is 8.97. The average molecular weight is 433 g/mol. The molecule has 3 aromatic rings. The molecule has 1 saturated carbocycles. The van der Waals surface area contributed by atoms with Crippen LogP contribution in [0.2, 0.25) is 0 Å². The third kappa shape index (κ3) is 2.99. The van der Waals surface area contributed by atoms with E-state index in [0.717, 1.165) is 59.8 Å². The van der Waals surface area contributed by atoms with Crippen LogP contribution < -0.4 is 20.7 Å². The summed E-state index contributed by atoms with van der Waals surface area (Å²) in [4.78, 5) is 20.1. The minimum atomic E-state index is -0.286. The highest BCUT2D eigenvalue weighted by molar-refractivity contribution is 5.88. The molecule has 0 radical (unpaired) electrons. The molecule has 0 bridgehead atoms. The summed E-state index contributed by atoms with van der Waals surface area (Å²) >= 11 is 0. The SMILES string of the molecule is CNc1cc(F)cc2c1Cc1nc(Oc3cnc(C)nc3)nc(N3CCC4(CC4N)C3)c1-2. The summed E-state index contributed by atoms with van der Waals surface area (Å²) in [5.41, 5.74) is 10.7. The fraction of sp³-hybridized carbons (Fsp3) is 0.391. The largest absolute Gasteiger partial charge is 0.421 e. The van der Waals surface area contributed by atoms with E-state index in [1.807, 2.05) is 6.92 Å². The summed E-state index contributed by atoms with van der Waals surface area (Å²) in [6, 6.07) is 3.58. The van der Waals surface area contributed by atoms with Gasteiger partial charge < -0.3 is 20.7 Å². The molecular formula is C23H24FN7O. The van der Waals surface area contributed by atoms with Gasteiger partial charge >= 0.3 is 6.01 Å². The van der Waals surface area contributed by atoms with Crippen LogP contribution in [0.5, 0.6) is 11.8 Å². The average Bonchev–Trinajstić information content (AvgIpc) is 3.10. The minimum Gasteiger partial charge on any atom is -0.421 e. The maximum atomic E-state index is 14.4. The number of nitrogens with two attached hydrogens (primary N) is 1. The Bertz CT molecular complexity index is 1230. The molecule has 1 aliphatic heterocycles. The van der Waals surface area contributed by atoms with Gasteiger partial charge in [0.2, 0.25) is 0 Å². The Hall–Kier alpha value is -3.33. The van der Waals surface area contributed by atoms with Crippen LogP contribution >= 0.6 is 0 Å². The van der Waals surface area contributed by atoms with E-state index in [1.54, 1.807) is 25.5 Å². The number of hydrogen-bond donors (Lipinski definition) is 2. The van der Waals surface area contributed by atoms with Gasteiger partial charge in [0.15, 0.2) is 5.75 Å². The maximum absolute atomic E-state index is 14.4. The molecule has 1 aromatic carbocycles. The van der Waals surface area contributed by atoms with Crippen molar-refractivity contribution in [1.29, 1.82) is 0 Å². The third-order valence-corrected chi connectivity index (χ3v) is 6.95. The van der Waals surface area contributed by atoms with Crippen LogP contribution in [0, 0.1) is 18.2 Å². The molecule has 8 nitrogen and oxygen atoms in total. The first kappa shape index (κ1) is 19.4. The number of aromatic nitrogens is 4. The van der Waals surface area contributed by atoms with Gasteiger partial charge in [-0.3, -0.25) is 0 Å². The Balaban J connectivity index is 1.46. The maximum Gasteiger partial charge on any atom is 0.324 e. The first-order chi connectivity index (χ1) is 15.5. The molecule has 9 heteroatoms. The zero-order chi connectivity index (χ0) is 22.0. The summed E-state index contributed by atoms with van der Waals surface area (Å²) in [5, 5.41) is 3.11. The molecule has 2 atom stereocenters. The Morgan fingerprint density at radius 1 is 1.25 bits per heavy atom. The summed E-state index contributed by atoms with van der Waals surface area (Å²) in [5.74, 6) is 1.63. The first-order valence-electron chi connectivity index (χ1n) is 10.8. The van der Waals surface area contributed by atoms with Crippen molar-refractivity contribution in [2.75, 3.05) is 30.4 Å². The van der Waals surface area contributed by atoms with Gasteiger partial charge in [-0.2, -0.15) is 9.97 Å². The highest BCUT2D eigenvalue weighted by atomic mass is 19.1. The third-order valence-electron chi connectivity index (χ3n) is 6.95. The normalized spacial score (nSPS) is 22.8. The minimum absolute atomic E-state index is 0.170. The van der Waals surface area contributed by atoms with Crippen LogP contribution in [-0.4, -0.2) is 46.1 Å². The Kier molecular flexibility index (Phi) is 4.13. The lowest BCUT2D eigenvalue weighted by atomic mass is 10.0. The van der Waals surface area contributed by atoms with E-state index in [4.69, 9.17) is 20.4 Å². The van der Waals surface area contributed by atoms with Crippen molar-refractivity contribution < 1.29 is 9.13 Å². The predicted octanol–water partition coefficient (Wildman–Crippen LogP) is 3.05. The molecule has 0 amide bonds. The van der Waals surface area contributed by atoms with Gasteiger partial charge in [-0.1, -0.05) is 0 Å². The molecule has 6 rings (SSSR count). The molecule has 2 unspecified atom stereocenters. The molecule has 1 saturated heterocycles. The molecule has 32 heavy (non-hydrogen) atoms. The second kappa shape index (κ2) is 6.83. The van der Waals surface area contributed by atoms with E-state index < -0.39 is 0 Å². The molecule has 3 aliphatic rings. The van der Waals surface area contributed by atoms with Crippen LogP contribution in [0.1, 0.15) is 29.9 Å². The smallest absolute Gasteiger partial charge is 0.324 e. The summed E-state index contributed by atoms with van der Waals surface area (Å²) < 4.78 is 20.4. The standard InChI is InChI=1S/C23H24FN7O/c1-12-27-9-14(10-28-12)32-22-29-18-7-15-16(5-13(24)6-17(15)26-2)20(18)21(30-22)31-4-3-23(11-31)8-19(23)25/h5-6,9-10,19,26H,3-4,7-8,11,25H2,1-2H3. The number of hydrogen-bond acceptors (Lipinski definition) is 8. The molecule has 2 fully saturated rings. The van der Waals surface area contributed by atoms with Crippen LogP contribution in [0.3, 0.4) is 0 Å². The van der Waals surface area contributed by atoms with Crippen LogP contribution in [0.15, 0.2) is 24.5 Å². The van der Waals surface area contributed by atoms with Gasteiger partial charge in [0.25, 0.3) is 0 Å². The van der Waals surface area contributed by atoms with E-state index in [2.05, 4.69) is 20.2 Å². The highest BCUT2D eigenvalue weighted by Gasteiger charge is 2.56. The van der Waals surface area contributed by atoms with Crippen molar-refractivity contribution in [2.45, 2.75) is 32.2 Å². The number of anilines is 2. The molecule has 2 aliphatic carbocycles. The predicted molar refractivity (Wildman–Crippen MR) is 118 cm³/mol. The Morgan fingerprint density at radius 3 is 2.72 bits per heavy atom. The van der Waals surface area contributed by atoms with E-state index >= 15 is 0 Å². The van der Waals surface area contributed by atoms with Crippen molar-refractivity contribution in [3.8, 4) is 22.9 Å². The molecular weight excluding hydrogens is 409 g/mol. The van der Waals surface area contributed by atoms with E-state index in [1.165, 1.54) is 6.07 Å². The molecule has 2 aromatic heterocycles. The number of halogens is 1. The summed E-state index contributed by atoms with van der Waals surface area (Å²) in [6.45, 7) is 3.51. The molecule has 164 valence electrons. The first-order valence-corrected chi connectivity index (χ1v) is 10.8. The van der Waals surface area contributed by atoms with Crippen molar-refractivity contribution in [3.63, 3.8) is 0 Å². The molecule has 3 N–H and O–H groups in total. The number of benzene rings is 1. The quantitative estimate of drug-likeness (QED) is 0.506. The van der Waals surface area contributed by atoms with Gasteiger partial charge in [0.05, 0.1) is 18.1 Å². The van der Waals surface area contributed by atoms with Crippen molar-refractivity contribution >= 4 is 11.5 Å². The zero-order valence-corrected chi connectivity index (χ0v) is 18.0. The zero-order valence-electron chi connectivity index (χ0n) is 18.0. The van der Waals surface area contributed by atoms with Gasteiger partial charge in [0.1, 0.15) is 17.5 Å². The Morgan fingerprint density at radius 2 is 2.03 bits per heavy atom. The fourth-order valence-corrected chi connectivity index (χ4v) is 5.05. The number of nitrogens with one attached hydrogen (secondary N) is 1. The number of ether oxygens (including phenoxy) is 1. The number of aryl methyl sites for hydroxylation is 1. The number of rotatable bonds is 4. The van der Waals surface area contributed by atoms with Crippen molar-refractivity contribution in [3.05, 3.63) is 47.4 Å². The van der Waals surface area contributed by atoms with Crippen LogP contribution in [-0.2, 0) is 6.42 Å². The number of nitrogens with zero attached hydrogens (tertiary/aromatic N) is 5. The number of fused-ring (bicyclic) bond motifs is 3. The lowest BCUT2D eigenvalue weighted by Gasteiger charge is -2.21. The molecule has 1 spiro atoms. The van der Waals surface area contributed by atoms with E-state index in [0.29, 0.717) is 18.0 Å². The highest BCUT2D eigenvalue weighted by Crippen LogP contribution is 2.54. The molecule has 3 heterocycles. The second-order valence-corrected chi connectivity index (χ2v) is 8.97. The van der Waals surface area contributed by atoms with E-state index in [9.17, 15) is 4.39 Å². The van der Waals surface area contributed by atoms with Crippen LogP contribution in [0.4, 0.5) is 15.9 Å². The van der Waals surface area contributed by atoms with Crippen molar-refractivity contribution in [2.24, 2.45) is 11.1 Å². The van der Waals surface area contributed by atoms with Gasteiger partial charge in [-0.25, -0.2) is 14.4 Å². The van der Waals surface area contributed by atoms with Crippen LogP contribution in [0.25, 0.3) is 11.1 Å². The monoisotopic (exact) mass is 433 g/mol. The van der Waals surface area contributed by atoms with E-state index in [-0.39, 0.29) is 23.3 Å². The summed E-state index contributed by atoms with van der Waals surface area (Å²) in [6.07, 6.45) is 5.87. The topological polar surface area (TPSA) is 102 Å². The van der Waals surface area contributed by atoms with Gasteiger partial charge in [0, 0.05) is 49.3 Å². The summed E-state index contributed by atoms with van der Waals surface area (Å²) in [7, 11) is 1.80.